The molecule has 2 rings (SSSR count). The van der Waals surface area contributed by atoms with Crippen molar-refractivity contribution in [1.29, 1.82) is 0 Å². The summed E-state index contributed by atoms with van der Waals surface area (Å²) in [4.78, 5) is 5.79. The zero-order valence-electron chi connectivity index (χ0n) is 11.0. The Labute approximate surface area is 122 Å². The van der Waals surface area contributed by atoms with Crippen molar-refractivity contribution in [3.8, 4) is 10.6 Å². The number of thiazole rings is 1. The number of aryl methyl sites for hydroxylation is 2. The Morgan fingerprint density at radius 1 is 1.42 bits per heavy atom. The summed E-state index contributed by atoms with van der Waals surface area (Å²) in [5, 5.41) is 13.6. The number of aromatic nitrogens is 1. The minimum Gasteiger partial charge on any atom is -0.390 e. The standard InChI is InChI=1S/C14H17ClN2OS/c1-9-10(2)19-14(17-9)11-4-3-5-12(6-11)16-8-13(18)7-15/h3-6,13,16,18H,7-8H2,1-2H3. The lowest BCUT2D eigenvalue weighted by molar-refractivity contribution is 0.211. The summed E-state index contributed by atoms with van der Waals surface area (Å²) < 4.78 is 0. The molecule has 3 nitrogen and oxygen atoms in total. The molecule has 0 aliphatic heterocycles. The van der Waals surface area contributed by atoms with Crippen molar-refractivity contribution < 1.29 is 5.11 Å². The van der Waals surface area contributed by atoms with Crippen LogP contribution in [-0.4, -0.2) is 28.6 Å². The van der Waals surface area contributed by atoms with Gasteiger partial charge in [-0.3, -0.25) is 0 Å². The molecule has 0 aliphatic rings. The highest BCUT2D eigenvalue weighted by molar-refractivity contribution is 7.15. The summed E-state index contributed by atoms with van der Waals surface area (Å²) in [5.41, 5.74) is 3.13. The Bertz CT molecular complexity index is 537. The number of rotatable bonds is 5. The van der Waals surface area contributed by atoms with E-state index >= 15 is 0 Å². The molecule has 0 saturated heterocycles. The topological polar surface area (TPSA) is 45.2 Å². The third-order valence-electron chi connectivity index (χ3n) is 2.86. The van der Waals surface area contributed by atoms with Crippen LogP contribution in [0.25, 0.3) is 10.6 Å². The molecule has 0 aliphatic carbocycles. The molecule has 1 aromatic carbocycles. The van der Waals surface area contributed by atoms with Crippen LogP contribution in [0.2, 0.25) is 0 Å². The highest BCUT2D eigenvalue weighted by Gasteiger charge is 2.07. The zero-order chi connectivity index (χ0) is 13.8. The number of aliphatic hydroxyl groups is 1. The lowest BCUT2D eigenvalue weighted by atomic mass is 10.2. The van der Waals surface area contributed by atoms with Gasteiger partial charge in [0.05, 0.1) is 17.7 Å². The fourth-order valence-electron chi connectivity index (χ4n) is 1.65. The van der Waals surface area contributed by atoms with Gasteiger partial charge in [-0.1, -0.05) is 12.1 Å². The number of hydrogen-bond acceptors (Lipinski definition) is 4. The third kappa shape index (κ3) is 3.69. The van der Waals surface area contributed by atoms with Crippen LogP contribution in [0.4, 0.5) is 5.69 Å². The molecule has 5 heteroatoms. The molecule has 1 atom stereocenters. The second kappa shape index (κ2) is 6.37. The minimum atomic E-state index is -0.533. The average molecular weight is 297 g/mol. The maximum atomic E-state index is 9.44. The van der Waals surface area contributed by atoms with E-state index in [4.69, 9.17) is 11.6 Å². The van der Waals surface area contributed by atoms with Gasteiger partial charge in [-0.15, -0.1) is 22.9 Å². The summed E-state index contributed by atoms with van der Waals surface area (Å²) in [5.74, 6) is 0.234. The fraction of sp³-hybridized carbons (Fsp3) is 0.357. The van der Waals surface area contributed by atoms with Crippen LogP contribution in [0, 0.1) is 13.8 Å². The maximum Gasteiger partial charge on any atom is 0.123 e. The molecule has 0 amide bonds. The van der Waals surface area contributed by atoms with Gasteiger partial charge in [0, 0.05) is 22.7 Å². The van der Waals surface area contributed by atoms with Crippen LogP contribution < -0.4 is 5.32 Å². The summed E-state index contributed by atoms with van der Waals surface area (Å²) in [7, 11) is 0. The molecule has 102 valence electrons. The molecule has 2 N–H and O–H groups in total. The average Bonchev–Trinajstić information content (AvgIpc) is 2.76. The normalized spacial score (nSPS) is 12.4. The van der Waals surface area contributed by atoms with Crippen LogP contribution in [0.1, 0.15) is 10.6 Å². The van der Waals surface area contributed by atoms with E-state index in [-0.39, 0.29) is 5.88 Å². The SMILES string of the molecule is Cc1nc(-c2cccc(NCC(O)CCl)c2)sc1C. The van der Waals surface area contributed by atoms with Crippen molar-refractivity contribution in [3.63, 3.8) is 0 Å². The molecule has 0 fully saturated rings. The number of halogens is 1. The minimum absolute atomic E-state index is 0.234. The number of benzene rings is 1. The molecular weight excluding hydrogens is 280 g/mol. The van der Waals surface area contributed by atoms with Gasteiger partial charge in [0.25, 0.3) is 0 Å². The lowest BCUT2D eigenvalue weighted by Crippen LogP contribution is -2.20. The van der Waals surface area contributed by atoms with Gasteiger partial charge in [0.15, 0.2) is 0 Å². The van der Waals surface area contributed by atoms with Gasteiger partial charge in [-0.25, -0.2) is 4.98 Å². The predicted molar refractivity (Wildman–Crippen MR) is 82.2 cm³/mol. The monoisotopic (exact) mass is 296 g/mol. The van der Waals surface area contributed by atoms with Gasteiger partial charge in [0.1, 0.15) is 5.01 Å². The van der Waals surface area contributed by atoms with E-state index in [0.29, 0.717) is 6.54 Å². The summed E-state index contributed by atoms with van der Waals surface area (Å²) in [6, 6.07) is 8.04. The van der Waals surface area contributed by atoms with Crippen molar-refractivity contribution in [3.05, 3.63) is 34.8 Å². The number of nitrogens with one attached hydrogen (secondary N) is 1. The van der Waals surface area contributed by atoms with Gasteiger partial charge < -0.3 is 10.4 Å². The Morgan fingerprint density at radius 2 is 2.21 bits per heavy atom. The van der Waals surface area contributed by atoms with Crippen LogP contribution in [-0.2, 0) is 0 Å². The van der Waals surface area contributed by atoms with Gasteiger partial charge in [-0.2, -0.15) is 0 Å². The van der Waals surface area contributed by atoms with E-state index in [1.54, 1.807) is 11.3 Å². The first kappa shape index (κ1) is 14.3. The quantitative estimate of drug-likeness (QED) is 0.831. The molecule has 2 aromatic rings. The molecule has 1 unspecified atom stereocenters. The number of hydrogen-bond donors (Lipinski definition) is 2. The molecule has 0 saturated carbocycles. The van der Waals surface area contributed by atoms with Crippen molar-refractivity contribution in [2.24, 2.45) is 0 Å². The van der Waals surface area contributed by atoms with Gasteiger partial charge in [-0.05, 0) is 26.0 Å². The largest absolute Gasteiger partial charge is 0.390 e. The first-order valence-corrected chi connectivity index (χ1v) is 7.47. The summed E-state index contributed by atoms with van der Waals surface area (Å²) in [6.07, 6.45) is -0.533. The maximum absolute atomic E-state index is 9.44. The number of aliphatic hydroxyl groups excluding tert-OH is 1. The Balaban J connectivity index is 2.15. The molecule has 0 radical (unpaired) electrons. The first-order valence-electron chi connectivity index (χ1n) is 6.12. The van der Waals surface area contributed by atoms with Crippen molar-refractivity contribution in [1.82, 2.24) is 4.98 Å². The lowest BCUT2D eigenvalue weighted by Gasteiger charge is -2.10. The third-order valence-corrected chi connectivity index (χ3v) is 4.34. The van der Waals surface area contributed by atoms with E-state index in [9.17, 15) is 5.11 Å². The Kier molecular flexibility index (Phi) is 4.80. The van der Waals surface area contributed by atoms with E-state index < -0.39 is 6.10 Å². The smallest absolute Gasteiger partial charge is 0.123 e. The van der Waals surface area contributed by atoms with Crippen molar-refractivity contribution in [2.75, 3.05) is 17.7 Å². The molecular formula is C14H17ClN2OS. The van der Waals surface area contributed by atoms with Crippen molar-refractivity contribution >= 4 is 28.6 Å². The number of alkyl halides is 1. The number of nitrogens with zero attached hydrogens (tertiary/aromatic N) is 1. The molecule has 19 heavy (non-hydrogen) atoms. The highest BCUT2D eigenvalue weighted by atomic mass is 35.5. The van der Waals surface area contributed by atoms with E-state index in [1.807, 2.05) is 31.2 Å². The molecule has 0 spiro atoms. The van der Waals surface area contributed by atoms with E-state index in [2.05, 4.69) is 17.2 Å². The second-order valence-corrected chi connectivity index (χ2v) is 5.94. The molecule has 1 heterocycles. The van der Waals surface area contributed by atoms with E-state index in [1.165, 1.54) is 4.88 Å². The van der Waals surface area contributed by atoms with Gasteiger partial charge in [0.2, 0.25) is 0 Å². The zero-order valence-corrected chi connectivity index (χ0v) is 12.6. The predicted octanol–water partition coefficient (Wildman–Crippen LogP) is 3.44. The van der Waals surface area contributed by atoms with Crippen molar-refractivity contribution in [2.45, 2.75) is 20.0 Å². The molecule has 0 bridgehead atoms. The number of anilines is 1. The van der Waals surface area contributed by atoms with Gasteiger partial charge >= 0.3 is 0 Å². The van der Waals surface area contributed by atoms with E-state index in [0.717, 1.165) is 22.0 Å². The summed E-state index contributed by atoms with van der Waals surface area (Å²) >= 11 is 7.26. The van der Waals surface area contributed by atoms with Crippen LogP contribution >= 0.6 is 22.9 Å². The Morgan fingerprint density at radius 3 is 2.84 bits per heavy atom. The highest BCUT2D eigenvalue weighted by Crippen LogP contribution is 2.28. The molecule has 1 aromatic heterocycles. The fourth-order valence-corrected chi connectivity index (χ4v) is 2.67. The second-order valence-electron chi connectivity index (χ2n) is 4.43. The van der Waals surface area contributed by atoms with Crippen LogP contribution in [0.15, 0.2) is 24.3 Å². The van der Waals surface area contributed by atoms with Crippen LogP contribution in [0.3, 0.4) is 0 Å². The van der Waals surface area contributed by atoms with Crippen LogP contribution in [0.5, 0.6) is 0 Å². The summed E-state index contributed by atoms with van der Waals surface area (Å²) in [6.45, 7) is 4.55. The Hall–Kier alpha value is -1.10. The first-order chi connectivity index (χ1) is 9.10.